The van der Waals surface area contributed by atoms with Crippen LogP contribution in [0.3, 0.4) is 0 Å². The van der Waals surface area contributed by atoms with E-state index < -0.39 is 0 Å². The maximum absolute atomic E-state index is 11.3. The molecule has 2 aliphatic rings. The molecule has 0 N–H and O–H groups in total. The summed E-state index contributed by atoms with van der Waals surface area (Å²) < 4.78 is 0. The molecule has 0 saturated heterocycles. The third kappa shape index (κ3) is 2.66. The fraction of sp³-hybridized carbons (Fsp3) is 0.588. The molecule has 0 heterocycles. The monoisotopic (exact) mass is 242 g/mol. The molecule has 0 atom stereocenters. The summed E-state index contributed by atoms with van der Waals surface area (Å²) in [5.74, 6) is 1.21. The molecule has 1 heteroatoms. The minimum atomic E-state index is 0.469. The number of hydrogen-bond acceptors (Lipinski definition) is 1. The number of carbonyl (C=O) groups excluding carboxylic acids is 1. The molecular formula is C17H22O. The summed E-state index contributed by atoms with van der Waals surface area (Å²) >= 11 is 0. The van der Waals surface area contributed by atoms with Crippen molar-refractivity contribution in [3.63, 3.8) is 0 Å². The van der Waals surface area contributed by atoms with Crippen LogP contribution in [0.25, 0.3) is 0 Å². The molecule has 2 aliphatic carbocycles. The van der Waals surface area contributed by atoms with Gasteiger partial charge in [0.05, 0.1) is 0 Å². The lowest BCUT2D eigenvalue weighted by Gasteiger charge is -2.22. The topological polar surface area (TPSA) is 17.1 Å². The van der Waals surface area contributed by atoms with E-state index in [1.807, 2.05) is 0 Å². The molecule has 0 radical (unpaired) electrons. The maximum Gasteiger partial charge on any atom is 0.132 e. The first-order valence-electron chi connectivity index (χ1n) is 7.43. The summed E-state index contributed by atoms with van der Waals surface area (Å²) in [6.45, 7) is 0. The zero-order chi connectivity index (χ0) is 12.4. The standard InChI is InChI=1S/C17H22O/c18-17-9-6-13(7-10-17)11-14-5-8-15-3-1-2-4-16(15)12-14/h5,8,12-13H,1-4,6-7,9-11H2. The number of benzene rings is 1. The summed E-state index contributed by atoms with van der Waals surface area (Å²) in [5.41, 5.74) is 4.66. The highest BCUT2D eigenvalue weighted by atomic mass is 16.1. The first kappa shape index (κ1) is 12.0. The van der Waals surface area contributed by atoms with Gasteiger partial charge in [-0.2, -0.15) is 0 Å². The lowest BCUT2D eigenvalue weighted by atomic mass is 9.83. The fourth-order valence-corrected chi connectivity index (χ4v) is 3.45. The molecule has 0 spiro atoms. The van der Waals surface area contributed by atoms with Gasteiger partial charge in [-0.05, 0) is 67.6 Å². The Hall–Kier alpha value is -1.11. The smallest absolute Gasteiger partial charge is 0.132 e. The van der Waals surface area contributed by atoms with Crippen molar-refractivity contribution in [2.45, 2.75) is 57.8 Å². The van der Waals surface area contributed by atoms with E-state index in [2.05, 4.69) is 18.2 Å². The van der Waals surface area contributed by atoms with E-state index in [0.29, 0.717) is 5.78 Å². The van der Waals surface area contributed by atoms with Crippen LogP contribution in [0.5, 0.6) is 0 Å². The minimum Gasteiger partial charge on any atom is -0.300 e. The predicted molar refractivity (Wildman–Crippen MR) is 73.8 cm³/mol. The summed E-state index contributed by atoms with van der Waals surface area (Å²) in [4.78, 5) is 11.3. The average molecular weight is 242 g/mol. The number of Topliss-reactive ketones (excluding diaryl/α,β-unsaturated/α-hetero) is 1. The van der Waals surface area contributed by atoms with Gasteiger partial charge in [-0.15, -0.1) is 0 Å². The second-order valence-electron chi connectivity index (χ2n) is 6.00. The Morgan fingerprint density at radius 3 is 2.44 bits per heavy atom. The highest BCUT2D eigenvalue weighted by Gasteiger charge is 2.19. The van der Waals surface area contributed by atoms with Crippen LogP contribution in [0.15, 0.2) is 18.2 Å². The lowest BCUT2D eigenvalue weighted by molar-refractivity contribution is -0.121. The van der Waals surface area contributed by atoms with Crippen LogP contribution in [0.2, 0.25) is 0 Å². The zero-order valence-electron chi connectivity index (χ0n) is 11.1. The minimum absolute atomic E-state index is 0.469. The fourth-order valence-electron chi connectivity index (χ4n) is 3.45. The molecular weight excluding hydrogens is 220 g/mol. The Kier molecular flexibility index (Phi) is 3.49. The molecule has 0 aromatic heterocycles. The third-order valence-corrected chi connectivity index (χ3v) is 4.60. The van der Waals surface area contributed by atoms with Crippen LogP contribution in [-0.2, 0) is 24.1 Å². The molecule has 0 amide bonds. The Morgan fingerprint density at radius 2 is 1.67 bits per heavy atom. The zero-order valence-corrected chi connectivity index (χ0v) is 11.1. The molecule has 0 unspecified atom stereocenters. The molecule has 0 bridgehead atoms. The highest BCUT2D eigenvalue weighted by molar-refractivity contribution is 5.79. The quantitative estimate of drug-likeness (QED) is 0.769. The number of aryl methyl sites for hydroxylation is 2. The first-order valence-corrected chi connectivity index (χ1v) is 7.43. The van der Waals surface area contributed by atoms with Crippen LogP contribution in [0.1, 0.15) is 55.2 Å². The normalized spacial score (nSPS) is 20.8. The van der Waals surface area contributed by atoms with Crippen LogP contribution in [-0.4, -0.2) is 5.78 Å². The Labute approximate surface area is 110 Å². The Bertz CT molecular complexity index is 437. The van der Waals surface area contributed by atoms with Gasteiger partial charge in [-0.1, -0.05) is 18.2 Å². The third-order valence-electron chi connectivity index (χ3n) is 4.60. The molecule has 18 heavy (non-hydrogen) atoms. The molecule has 0 aliphatic heterocycles. The molecule has 3 rings (SSSR count). The highest BCUT2D eigenvalue weighted by Crippen LogP contribution is 2.27. The second kappa shape index (κ2) is 5.26. The van der Waals surface area contributed by atoms with E-state index >= 15 is 0 Å². The number of ketones is 1. The Balaban J connectivity index is 1.67. The number of hydrogen-bond donors (Lipinski definition) is 0. The van der Waals surface area contributed by atoms with E-state index in [0.717, 1.165) is 31.6 Å². The van der Waals surface area contributed by atoms with Gasteiger partial charge in [0.1, 0.15) is 5.78 Å². The van der Waals surface area contributed by atoms with Gasteiger partial charge in [0.2, 0.25) is 0 Å². The Morgan fingerprint density at radius 1 is 0.944 bits per heavy atom. The molecule has 1 nitrogen and oxygen atoms in total. The van der Waals surface area contributed by atoms with Crippen molar-refractivity contribution in [1.29, 1.82) is 0 Å². The summed E-state index contributed by atoms with van der Waals surface area (Å²) in [6.07, 6.45) is 10.3. The van der Waals surface area contributed by atoms with E-state index in [4.69, 9.17) is 0 Å². The average Bonchev–Trinajstić information content (AvgIpc) is 2.41. The van der Waals surface area contributed by atoms with Crippen molar-refractivity contribution >= 4 is 5.78 Å². The van der Waals surface area contributed by atoms with Crippen molar-refractivity contribution in [1.82, 2.24) is 0 Å². The number of rotatable bonds is 2. The van der Waals surface area contributed by atoms with Crippen molar-refractivity contribution in [3.8, 4) is 0 Å². The molecule has 1 aromatic rings. The molecule has 1 aromatic carbocycles. The maximum atomic E-state index is 11.3. The van der Waals surface area contributed by atoms with Gasteiger partial charge >= 0.3 is 0 Å². The van der Waals surface area contributed by atoms with Gasteiger partial charge in [0.15, 0.2) is 0 Å². The van der Waals surface area contributed by atoms with Crippen LogP contribution >= 0.6 is 0 Å². The van der Waals surface area contributed by atoms with Gasteiger partial charge < -0.3 is 0 Å². The van der Waals surface area contributed by atoms with Crippen molar-refractivity contribution in [3.05, 3.63) is 34.9 Å². The van der Waals surface area contributed by atoms with Crippen LogP contribution < -0.4 is 0 Å². The van der Waals surface area contributed by atoms with Crippen LogP contribution in [0, 0.1) is 5.92 Å². The van der Waals surface area contributed by atoms with Crippen molar-refractivity contribution in [2.24, 2.45) is 5.92 Å². The van der Waals surface area contributed by atoms with Gasteiger partial charge in [-0.3, -0.25) is 4.79 Å². The SMILES string of the molecule is O=C1CCC(Cc2ccc3c(c2)CCCC3)CC1. The second-order valence-corrected chi connectivity index (χ2v) is 6.00. The first-order chi connectivity index (χ1) is 8.81. The number of carbonyl (C=O) groups is 1. The molecule has 1 fully saturated rings. The number of fused-ring (bicyclic) bond motifs is 1. The van der Waals surface area contributed by atoms with E-state index in [1.54, 1.807) is 11.1 Å². The lowest BCUT2D eigenvalue weighted by Crippen LogP contribution is -2.16. The molecule has 1 saturated carbocycles. The van der Waals surface area contributed by atoms with Crippen LogP contribution in [0.4, 0.5) is 0 Å². The van der Waals surface area contributed by atoms with E-state index in [1.165, 1.54) is 37.7 Å². The summed E-state index contributed by atoms with van der Waals surface area (Å²) in [6, 6.07) is 7.10. The van der Waals surface area contributed by atoms with Gasteiger partial charge in [0.25, 0.3) is 0 Å². The van der Waals surface area contributed by atoms with Gasteiger partial charge in [-0.25, -0.2) is 0 Å². The predicted octanol–water partition coefficient (Wildman–Crippen LogP) is 3.87. The molecule has 96 valence electrons. The van der Waals surface area contributed by atoms with Crippen molar-refractivity contribution in [2.75, 3.05) is 0 Å². The van der Waals surface area contributed by atoms with E-state index in [-0.39, 0.29) is 0 Å². The van der Waals surface area contributed by atoms with Gasteiger partial charge in [0, 0.05) is 12.8 Å². The summed E-state index contributed by atoms with van der Waals surface area (Å²) in [5, 5.41) is 0. The summed E-state index contributed by atoms with van der Waals surface area (Å²) in [7, 11) is 0. The van der Waals surface area contributed by atoms with E-state index in [9.17, 15) is 4.79 Å². The van der Waals surface area contributed by atoms with Crippen molar-refractivity contribution < 1.29 is 4.79 Å². The largest absolute Gasteiger partial charge is 0.300 e.